The molecule has 3 nitrogen and oxygen atoms in total. The van der Waals surface area contributed by atoms with E-state index in [4.69, 9.17) is 5.11 Å². The van der Waals surface area contributed by atoms with Crippen molar-refractivity contribution in [2.45, 2.75) is 6.42 Å². The predicted octanol–water partition coefficient (Wildman–Crippen LogP) is 2.43. The number of rotatable bonds is 7. The van der Waals surface area contributed by atoms with E-state index in [-0.39, 0.29) is 17.0 Å². The van der Waals surface area contributed by atoms with Crippen molar-refractivity contribution >= 4 is 33.6 Å². The van der Waals surface area contributed by atoms with E-state index in [2.05, 4.69) is 21.2 Å². The zero-order chi connectivity index (χ0) is 13.4. The Hall–Kier alpha value is -0.590. The van der Waals surface area contributed by atoms with Gasteiger partial charge in [0.05, 0.1) is 10.0 Å². The van der Waals surface area contributed by atoms with Crippen LogP contribution in [0.2, 0.25) is 0 Å². The highest BCUT2D eigenvalue weighted by molar-refractivity contribution is 9.10. The minimum absolute atomic E-state index is 0.190. The van der Waals surface area contributed by atoms with E-state index in [0.29, 0.717) is 12.1 Å². The molecule has 0 saturated carbocycles. The maximum Gasteiger partial charge on any atom is 0.252 e. The van der Waals surface area contributed by atoms with Crippen LogP contribution in [0.25, 0.3) is 0 Å². The van der Waals surface area contributed by atoms with Crippen molar-refractivity contribution < 1.29 is 14.3 Å². The van der Waals surface area contributed by atoms with E-state index in [1.165, 1.54) is 12.1 Å². The average molecular weight is 336 g/mol. The van der Waals surface area contributed by atoms with Crippen LogP contribution < -0.4 is 5.32 Å². The number of aliphatic hydroxyl groups excluding tert-OH is 1. The number of hydrogen-bond acceptors (Lipinski definition) is 3. The smallest absolute Gasteiger partial charge is 0.252 e. The van der Waals surface area contributed by atoms with E-state index in [0.717, 1.165) is 17.9 Å². The van der Waals surface area contributed by atoms with E-state index < -0.39 is 5.82 Å². The van der Waals surface area contributed by atoms with Gasteiger partial charge in [-0.3, -0.25) is 4.79 Å². The molecule has 0 atom stereocenters. The summed E-state index contributed by atoms with van der Waals surface area (Å²) < 4.78 is 13.4. The molecule has 0 aliphatic heterocycles. The maximum absolute atomic E-state index is 13.2. The third-order valence-electron chi connectivity index (χ3n) is 2.17. The first-order valence-corrected chi connectivity index (χ1v) is 7.52. The fourth-order valence-corrected chi connectivity index (χ4v) is 2.51. The lowest BCUT2D eigenvalue weighted by Gasteiger charge is -2.07. The second-order valence-electron chi connectivity index (χ2n) is 3.55. The number of carbonyl (C=O) groups is 1. The minimum atomic E-state index is -0.444. The third-order valence-corrected chi connectivity index (χ3v) is 4.05. The van der Waals surface area contributed by atoms with Gasteiger partial charge in [-0.05, 0) is 40.2 Å². The minimum Gasteiger partial charge on any atom is -0.396 e. The fraction of sp³-hybridized carbons (Fsp3) is 0.417. The molecule has 0 spiro atoms. The van der Waals surface area contributed by atoms with Crippen LogP contribution in [0.15, 0.2) is 22.7 Å². The average Bonchev–Trinajstić information content (AvgIpc) is 2.36. The Labute approximate surface area is 118 Å². The molecule has 0 fully saturated rings. The molecule has 0 radical (unpaired) electrons. The lowest BCUT2D eigenvalue weighted by molar-refractivity contribution is 0.0955. The van der Waals surface area contributed by atoms with E-state index in [1.807, 2.05) is 0 Å². The maximum atomic E-state index is 13.2. The number of halogens is 2. The number of hydrogen-bond donors (Lipinski definition) is 2. The summed E-state index contributed by atoms with van der Waals surface area (Å²) in [4.78, 5) is 11.7. The lowest BCUT2D eigenvalue weighted by Crippen LogP contribution is -2.26. The van der Waals surface area contributed by atoms with Crippen LogP contribution >= 0.6 is 27.7 Å². The quantitative estimate of drug-likeness (QED) is 0.752. The van der Waals surface area contributed by atoms with Crippen LogP contribution in [-0.4, -0.2) is 35.7 Å². The highest BCUT2D eigenvalue weighted by atomic mass is 79.9. The van der Waals surface area contributed by atoms with Gasteiger partial charge < -0.3 is 10.4 Å². The Morgan fingerprint density at radius 1 is 1.44 bits per heavy atom. The molecule has 0 aliphatic rings. The van der Waals surface area contributed by atoms with Gasteiger partial charge in [0.25, 0.3) is 5.91 Å². The van der Waals surface area contributed by atoms with Crippen LogP contribution in [0.4, 0.5) is 4.39 Å². The van der Waals surface area contributed by atoms with Crippen molar-refractivity contribution in [3.8, 4) is 0 Å². The molecular formula is C12H15BrFNO2S. The molecule has 1 amide bonds. The molecule has 0 heterocycles. The van der Waals surface area contributed by atoms with Crippen molar-refractivity contribution in [2.75, 3.05) is 24.7 Å². The largest absolute Gasteiger partial charge is 0.396 e. The third kappa shape index (κ3) is 4.96. The molecule has 0 aromatic heterocycles. The first-order valence-electron chi connectivity index (χ1n) is 5.57. The Morgan fingerprint density at radius 2 is 2.22 bits per heavy atom. The van der Waals surface area contributed by atoms with Crippen molar-refractivity contribution in [1.29, 1.82) is 0 Å². The number of amides is 1. The standard InChI is InChI=1S/C12H15BrFNO2S/c13-11-9(3-1-4-10(11)14)12(17)15-5-8-18-7-2-6-16/h1,3-4,16H,2,5-8H2,(H,15,17). The van der Waals surface area contributed by atoms with Crippen LogP contribution in [0.5, 0.6) is 0 Å². The van der Waals surface area contributed by atoms with Crippen LogP contribution in [0.1, 0.15) is 16.8 Å². The molecule has 18 heavy (non-hydrogen) atoms. The van der Waals surface area contributed by atoms with Crippen molar-refractivity contribution in [3.63, 3.8) is 0 Å². The highest BCUT2D eigenvalue weighted by Gasteiger charge is 2.12. The topological polar surface area (TPSA) is 49.3 Å². The molecule has 1 rings (SSSR count). The normalized spacial score (nSPS) is 10.4. The SMILES string of the molecule is O=C(NCCSCCCO)c1cccc(F)c1Br. The zero-order valence-electron chi connectivity index (χ0n) is 9.79. The van der Waals surface area contributed by atoms with Crippen LogP contribution in [0.3, 0.4) is 0 Å². The molecule has 0 unspecified atom stereocenters. The van der Waals surface area contributed by atoms with Gasteiger partial charge in [0, 0.05) is 18.9 Å². The summed E-state index contributed by atoms with van der Waals surface area (Å²) in [5.41, 5.74) is 0.301. The van der Waals surface area contributed by atoms with Gasteiger partial charge >= 0.3 is 0 Å². The molecule has 6 heteroatoms. The predicted molar refractivity (Wildman–Crippen MR) is 75.5 cm³/mol. The number of aliphatic hydroxyl groups is 1. The van der Waals surface area contributed by atoms with Crippen molar-refractivity contribution in [1.82, 2.24) is 5.32 Å². The summed E-state index contributed by atoms with van der Waals surface area (Å²) in [6.45, 7) is 0.716. The number of benzene rings is 1. The van der Waals surface area contributed by atoms with Crippen molar-refractivity contribution in [2.24, 2.45) is 0 Å². The Kier molecular flexibility index (Phi) is 7.31. The lowest BCUT2D eigenvalue weighted by atomic mass is 10.2. The van der Waals surface area contributed by atoms with E-state index >= 15 is 0 Å². The van der Waals surface area contributed by atoms with Gasteiger partial charge in [-0.25, -0.2) is 4.39 Å². The van der Waals surface area contributed by atoms with E-state index in [1.54, 1.807) is 17.8 Å². The van der Waals surface area contributed by atoms with Gasteiger partial charge in [-0.1, -0.05) is 6.07 Å². The van der Waals surface area contributed by atoms with Gasteiger partial charge in [-0.2, -0.15) is 11.8 Å². The molecular weight excluding hydrogens is 321 g/mol. The number of nitrogens with one attached hydrogen (secondary N) is 1. The van der Waals surface area contributed by atoms with Gasteiger partial charge in [0.2, 0.25) is 0 Å². The Balaban J connectivity index is 2.35. The molecule has 2 N–H and O–H groups in total. The molecule has 1 aromatic carbocycles. The zero-order valence-corrected chi connectivity index (χ0v) is 12.2. The second kappa shape index (κ2) is 8.50. The highest BCUT2D eigenvalue weighted by Crippen LogP contribution is 2.20. The second-order valence-corrected chi connectivity index (χ2v) is 5.56. The number of carbonyl (C=O) groups excluding carboxylic acids is 1. The monoisotopic (exact) mass is 335 g/mol. The van der Waals surface area contributed by atoms with Crippen LogP contribution in [-0.2, 0) is 0 Å². The molecule has 0 bridgehead atoms. The molecule has 0 aliphatic carbocycles. The fourth-order valence-electron chi connectivity index (χ4n) is 1.28. The van der Waals surface area contributed by atoms with Gasteiger partial charge in [0.15, 0.2) is 0 Å². The Morgan fingerprint density at radius 3 is 2.94 bits per heavy atom. The van der Waals surface area contributed by atoms with Gasteiger partial charge in [-0.15, -0.1) is 0 Å². The summed E-state index contributed by atoms with van der Waals surface area (Å²) >= 11 is 4.72. The summed E-state index contributed by atoms with van der Waals surface area (Å²) in [6.07, 6.45) is 0.758. The molecule has 1 aromatic rings. The van der Waals surface area contributed by atoms with Crippen molar-refractivity contribution in [3.05, 3.63) is 34.1 Å². The van der Waals surface area contributed by atoms with E-state index in [9.17, 15) is 9.18 Å². The van der Waals surface area contributed by atoms with Crippen LogP contribution in [0, 0.1) is 5.82 Å². The summed E-state index contributed by atoms with van der Waals surface area (Å²) in [5, 5.41) is 11.3. The first kappa shape index (κ1) is 15.5. The summed E-state index contributed by atoms with van der Waals surface area (Å²) in [5.74, 6) is 0.915. The molecule has 100 valence electrons. The number of thioether (sulfide) groups is 1. The first-order chi connectivity index (χ1) is 8.66. The molecule has 0 saturated heterocycles. The summed E-state index contributed by atoms with van der Waals surface area (Å²) in [7, 11) is 0. The Bertz CT molecular complexity index is 404. The van der Waals surface area contributed by atoms with Gasteiger partial charge in [0.1, 0.15) is 5.82 Å². The summed E-state index contributed by atoms with van der Waals surface area (Å²) in [6, 6.07) is 4.37.